The Kier molecular flexibility index (Phi) is 6.88. The van der Waals surface area contributed by atoms with Gasteiger partial charge in [0.05, 0.1) is 0 Å². The summed E-state index contributed by atoms with van der Waals surface area (Å²) in [6, 6.07) is 24.2. The highest BCUT2D eigenvalue weighted by Gasteiger charge is 2.13. The van der Waals surface area contributed by atoms with Gasteiger partial charge in [0.25, 0.3) is 0 Å². The van der Waals surface area contributed by atoms with E-state index in [9.17, 15) is 0 Å². The second kappa shape index (κ2) is 9.38. The van der Waals surface area contributed by atoms with Gasteiger partial charge in [0.2, 0.25) is 0 Å². The van der Waals surface area contributed by atoms with Crippen molar-refractivity contribution in [3.8, 4) is 11.1 Å². The molecule has 0 aliphatic heterocycles. The van der Waals surface area contributed by atoms with Crippen LogP contribution >= 0.6 is 8.86 Å². The van der Waals surface area contributed by atoms with E-state index in [1.807, 2.05) is 0 Å². The molecule has 3 aromatic carbocycles. The fourth-order valence-corrected chi connectivity index (χ4v) is 4.03. The van der Waals surface area contributed by atoms with Gasteiger partial charge >= 0.3 is 0 Å². The smallest absolute Gasteiger partial charge is 0.00225 e. The highest BCUT2D eigenvalue weighted by molar-refractivity contribution is 7.22. The molecule has 3 aromatic rings. The normalized spacial score (nSPS) is 10.9. The van der Waals surface area contributed by atoms with Crippen LogP contribution in [0.5, 0.6) is 0 Å². The van der Waals surface area contributed by atoms with E-state index in [4.69, 9.17) is 0 Å². The van der Waals surface area contributed by atoms with Crippen LogP contribution < -0.4 is 0 Å². The monoisotopic (exact) mass is 398 g/mol. The predicted octanol–water partition coefficient (Wildman–Crippen LogP) is 7.98. The van der Waals surface area contributed by atoms with E-state index in [0.29, 0.717) is 5.92 Å². The Morgan fingerprint density at radius 1 is 0.862 bits per heavy atom. The number of hydrogen-bond donors (Lipinski definition) is 0. The fraction of sp³-hybridized carbons (Fsp3) is 0.250. The molecule has 0 nitrogen and oxygen atoms in total. The third kappa shape index (κ3) is 4.95. The molecule has 0 bridgehead atoms. The van der Waals surface area contributed by atoms with Crippen LogP contribution in [0.3, 0.4) is 0 Å². The topological polar surface area (TPSA) is 0 Å². The number of hydrogen-bond acceptors (Lipinski definition) is 0. The van der Waals surface area contributed by atoms with Crippen LogP contribution in [0.25, 0.3) is 16.7 Å². The summed E-state index contributed by atoms with van der Waals surface area (Å²) >= 11 is 0. The first-order chi connectivity index (χ1) is 13.9. The van der Waals surface area contributed by atoms with E-state index in [2.05, 4.69) is 110 Å². The summed E-state index contributed by atoms with van der Waals surface area (Å²) in [7, 11) is 3.75. The molecule has 0 saturated heterocycles. The van der Waals surface area contributed by atoms with Gasteiger partial charge in [0, 0.05) is 0 Å². The largest absolute Gasteiger partial charge is 0.118 e. The molecule has 0 saturated carbocycles. The van der Waals surface area contributed by atoms with Crippen LogP contribution in [-0.2, 0) is 12.8 Å². The highest BCUT2D eigenvalue weighted by atomic mass is 31.0. The van der Waals surface area contributed by atoms with Crippen molar-refractivity contribution in [2.45, 2.75) is 46.5 Å². The highest BCUT2D eigenvalue weighted by Crippen LogP contribution is 2.30. The van der Waals surface area contributed by atoms with Crippen molar-refractivity contribution in [1.82, 2.24) is 0 Å². The van der Waals surface area contributed by atoms with E-state index < -0.39 is 0 Å². The second-order valence-corrected chi connectivity index (χ2v) is 8.82. The zero-order valence-corrected chi connectivity index (χ0v) is 19.0. The first-order valence-electron chi connectivity index (χ1n) is 10.5. The maximum Gasteiger partial charge on any atom is -0.00225 e. The van der Waals surface area contributed by atoms with E-state index in [0.717, 1.165) is 18.1 Å². The van der Waals surface area contributed by atoms with Gasteiger partial charge in [-0.05, 0) is 75.5 Å². The van der Waals surface area contributed by atoms with Gasteiger partial charge in [-0.1, -0.05) is 94.1 Å². The second-order valence-electron chi connectivity index (χ2n) is 8.07. The minimum Gasteiger partial charge on any atom is -0.118 e. The van der Waals surface area contributed by atoms with Gasteiger partial charge in [-0.25, -0.2) is 0 Å². The first-order valence-corrected chi connectivity index (χ1v) is 11.0. The van der Waals surface area contributed by atoms with Gasteiger partial charge in [0.1, 0.15) is 0 Å². The Balaban J connectivity index is 2.00. The molecular formula is C28H31P. The van der Waals surface area contributed by atoms with Crippen molar-refractivity contribution in [3.63, 3.8) is 0 Å². The maximum atomic E-state index is 4.51. The maximum absolute atomic E-state index is 4.51. The number of aryl methyl sites for hydroxylation is 1. The van der Waals surface area contributed by atoms with Gasteiger partial charge in [-0.2, -0.15) is 0 Å². The Labute approximate surface area is 178 Å². The minimum atomic E-state index is 0.498. The molecule has 0 aliphatic rings. The van der Waals surface area contributed by atoms with Crippen molar-refractivity contribution < 1.29 is 0 Å². The predicted molar refractivity (Wildman–Crippen MR) is 133 cm³/mol. The van der Waals surface area contributed by atoms with E-state index in [1.165, 1.54) is 44.5 Å². The Hall–Kier alpha value is -2.43. The number of rotatable bonds is 7. The summed E-state index contributed by atoms with van der Waals surface area (Å²) in [5.41, 5.74) is 10.3. The van der Waals surface area contributed by atoms with Gasteiger partial charge < -0.3 is 0 Å². The molecule has 3 rings (SSSR count). The summed E-state index contributed by atoms with van der Waals surface area (Å²) in [5, 5.41) is 1.14. The lowest BCUT2D eigenvalue weighted by atomic mass is 9.88. The van der Waals surface area contributed by atoms with Crippen LogP contribution in [0.1, 0.15) is 61.4 Å². The molecule has 0 N–H and O–H groups in total. The van der Waals surface area contributed by atoms with E-state index in [1.54, 1.807) is 0 Å². The molecule has 148 valence electrons. The first kappa shape index (κ1) is 21.3. The molecule has 0 atom stereocenters. The summed E-state index contributed by atoms with van der Waals surface area (Å²) in [6.07, 6.45) is 1.89. The van der Waals surface area contributed by atoms with E-state index >= 15 is 0 Å². The third-order valence-electron chi connectivity index (χ3n) is 5.59. The molecule has 1 heteroatoms. The molecule has 0 fully saturated rings. The lowest BCUT2D eigenvalue weighted by Gasteiger charge is -2.17. The Morgan fingerprint density at radius 2 is 1.59 bits per heavy atom. The van der Waals surface area contributed by atoms with Crippen LogP contribution in [0, 0.1) is 0 Å². The summed E-state index contributed by atoms with van der Waals surface area (Å²) in [5.74, 6) is 0.498. The third-order valence-corrected chi connectivity index (χ3v) is 5.86. The van der Waals surface area contributed by atoms with Gasteiger partial charge in [-0.3, -0.25) is 0 Å². The summed E-state index contributed by atoms with van der Waals surface area (Å²) < 4.78 is 0. The lowest BCUT2D eigenvalue weighted by molar-refractivity contribution is 0.865. The molecule has 0 aliphatic carbocycles. The lowest BCUT2D eigenvalue weighted by Crippen LogP contribution is -2.03. The van der Waals surface area contributed by atoms with Gasteiger partial charge in [-0.15, -0.1) is 8.86 Å². The zero-order chi connectivity index (χ0) is 21.0. The molecule has 0 radical (unpaired) electrons. The van der Waals surface area contributed by atoms with Crippen molar-refractivity contribution in [2.24, 2.45) is 0 Å². The van der Waals surface area contributed by atoms with E-state index in [-0.39, 0.29) is 0 Å². The summed E-state index contributed by atoms with van der Waals surface area (Å²) in [4.78, 5) is 0. The molecule has 0 unspecified atom stereocenters. The Morgan fingerprint density at radius 3 is 2.21 bits per heavy atom. The standard InChI is InChI=1S/C28H31P/c1-6-22-12-13-25(23-10-8-7-9-11-23)17-26(22)16-20(4)28-18-24(19(2)3)14-15-27(28)21(5)29/h7-15,17-19,29H,4,6,16H2,1-3,5H3. The van der Waals surface area contributed by atoms with Crippen LogP contribution in [0.4, 0.5) is 0 Å². The van der Waals surface area contributed by atoms with Crippen LogP contribution in [0.15, 0.2) is 73.3 Å². The van der Waals surface area contributed by atoms with Crippen LogP contribution in [-0.4, -0.2) is 5.29 Å². The number of benzene rings is 3. The fourth-order valence-electron chi connectivity index (χ4n) is 3.81. The van der Waals surface area contributed by atoms with Crippen molar-refractivity contribution in [3.05, 3.63) is 101 Å². The average Bonchev–Trinajstić information content (AvgIpc) is 2.73. The zero-order valence-electron chi connectivity index (χ0n) is 18.0. The van der Waals surface area contributed by atoms with Crippen molar-refractivity contribution >= 4 is 19.7 Å². The molecule has 0 spiro atoms. The molecule has 0 aromatic heterocycles. The van der Waals surface area contributed by atoms with Crippen molar-refractivity contribution in [2.75, 3.05) is 0 Å². The van der Waals surface area contributed by atoms with Crippen LogP contribution in [0.2, 0.25) is 0 Å². The number of allylic oxidation sites excluding steroid dienone is 1. The Bertz CT molecular complexity index is 1030. The molecule has 0 heterocycles. The molecule has 29 heavy (non-hydrogen) atoms. The van der Waals surface area contributed by atoms with Gasteiger partial charge in [0.15, 0.2) is 0 Å². The molecule has 0 amide bonds. The quantitative estimate of drug-likeness (QED) is 0.354. The minimum absolute atomic E-state index is 0.498. The SMILES string of the molecule is C=C(Cc1cc(-c2ccccc2)ccc1CC)c1cc(C(C)C)ccc1C(C)=P. The average molecular weight is 399 g/mol. The van der Waals surface area contributed by atoms with Crippen molar-refractivity contribution in [1.29, 1.82) is 0 Å². The summed E-state index contributed by atoms with van der Waals surface area (Å²) in [6.45, 7) is 13.3. The molecular weight excluding hydrogens is 367 g/mol.